The second-order valence-corrected chi connectivity index (χ2v) is 6.18. The summed E-state index contributed by atoms with van der Waals surface area (Å²) in [7, 11) is 0. The van der Waals surface area contributed by atoms with Crippen LogP contribution in [0.2, 0.25) is 5.02 Å². The summed E-state index contributed by atoms with van der Waals surface area (Å²) < 4.78 is 5.47. The largest absolute Gasteiger partial charge is 0.492 e. The van der Waals surface area contributed by atoms with Crippen molar-refractivity contribution in [2.45, 2.75) is 44.7 Å². The van der Waals surface area contributed by atoms with Gasteiger partial charge < -0.3 is 15.0 Å². The van der Waals surface area contributed by atoms with E-state index in [1.54, 1.807) is 0 Å². The summed E-state index contributed by atoms with van der Waals surface area (Å²) >= 11 is 6.24. The Morgan fingerprint density at radius 1 is 1.35 bits per heavy atom. The normalized spacial score (nSPS) is 26.3. The molecule has 1 N–H and O–H groups in total. The molecule has 2 aliphatic heterocycles. The number of benzene rings is 1. The molecule has 0 radical (unpaired) electrons. The van der Waals surface area contributed by atoms with Crippen molar-refractivity contribution in [3.63, 3.8) is 0 Å². The Morgan fingerprint density at radius 2 is 2.25 bits per heavy atom. The van der Waals surface area contributed by atoms with Crippen LogP contribution in [-0.2, 0) is 0 Å². The Hall–Kier alpha value is -0.930. The quantitative estimate of drug-likeness (QED) is 0.915. The maximum atomic E-state index is 6.24. The molecule has 1 aromatic carbocycles. The second-order valence-electron chi connectivity index (χ2n) is 5.78. The predicted octanol–water partition coefficient (Wildman–Crippen LogP) is 3.78. The van der Waals surface area contributed by atoms with Crippen molar-refractivity contribution in [1.82, 2.24) is 4.90 Å². The highest BCUT2D eigenvalue weighted by Crippen LogP contribution is 2.31. The molecule has 4 heteroatoms. The summed E-state index contributed by atoms with van der Waals surface area (Å²) in [5.41, 5.74) is 1.11. The molecule has 2 fully saturated rings. The minimum atomic E-state index is 0.573. The van der Waals surface area contributed by atoms with E-state index in [0.29, 0.717) is 17.7 Å². The third kappa shape index (κ3) is 3.04. The summed E-state index contributed by atoms with van der Waals surface area (Å²) in [6.07, 6.45) is 5.21. The van der Waals surface area contributed by atoms with E-state index in [9.17, 15) is 0 Å². The minimum absolute atomic E-state index is 0.573. The van der Waals surface area contributed by atoms with Gasteiger partial charge >= 0.3 is 0 Å². The molecule has 20 heavy (non-hydrogen) atoms. The van der Waals surface area contributed by atoms with Crippen LogP contribution < -0.4 is 10.1 Å². The first-order valence-electron chi connectivity index (χ1n) is 7.69. The molecule has 0 spiro atoms. The Labute approximate surface area is 126 Å². The predicted molar refractivity (Wildman–Crippen MR) is 83.9 cm³/mol. The molecule has 2 atom stereocenters. The first kappa shape index (κ1) is 14.0. The van der Waals surface area contributed by atoms with Gasteiger partial charge in [0.05, 0.1) is 11.6 Å². The number of fused-ring (bicyclic) bond motifs is 1. The third-order valence-corrected chi connectivity index (χ3v) is 4.72. The fourth-order valence-electron chi connectivity index (χ4n) is 3.45. The fraction of sp³-hybridized carbons (Fsp3) is 0.625. The lowest BCUT2D eigenvalue weighted by molar-refractivity contribution is 0.188. The zero-order valence-corrected chi connectivity index (χ0v) is 12.8. The Bertz CT molecular complexity index is 466. The monoisotopic (exact) mass is 294 g/mol. The molecule has 2 heterocycles. The summed E-state index contributed by atoms with van der Waals surface area (Å²) in [6.45, 7) is 5.14. The lowest BCUT2D eigenvalue weighted by atomic mass is 9.97. The SMILES string of the molecule is CCOc1ccc(NC2CCN3CCCC3C2)cc1Cl. The maximum Gasteiger partial charge on any atom is 0.138 e. The van der Waals surface area contributed by atoms with Crippen molar-refractivity contribution in [2.75, 3.05) is 25.0 Å². The van der Waals surface area contributed by atoms with Crippen LogP contribution in [0.25, 0.3) is 0 Å². The van der Waals surface area contributed by atoms with Crippen LogP contribution in [0, 0.1) is 0 Å². The van der Waals surface area contributed by atoms with Gasteiger partial charge in [-0.05, 0) is 57.4 Å². The second kappa shape index (κ2) is 6.23. The van der Waals surface area contributed by atoms with Gasteiger partial charge in [-0.2, -0.15) is 0 Å². The summed E-state index contributed by atoms with van der Waals surface area (Å²) in [5, 5.41) is 4.33. The maximum absolute atomic E-state index is 6.24. The molecule has 0 aromatic heterocycles. The standard InChI is InChI=1S/C16H23ClN2O/c1-2-20-16-6-5-12(11-15(16)17)18-13-7-9-19-8-3-4-14(19)10-13/h5-6,11,13-14,18H,2-4,7-10H2,1H3. The molecular weight excluding hydrogens is 272 g/mol. The Kier molecular flexibility index (Phi) is 4.37. The number of nitrogens with one attached hydrogen (secondary N) is 1. The van der Waals surface area contributed by atoms with E-state index in [1.807, 2.05) is 19.1 Å². The van der Waals surface area contributed by atoms with Crippen LogP contribution in [0.4, 0.5) is 5.69 Å². The molecule has 0 bridgehead atoms. The van der Waals surface area contributed by atoms with E-state index in [4.69, 9.17) is 16.3 Å². The summed E-state index contributed by atoms with van der Waals surface area (Å²) in [5.74, 6) is 0.769. The van der Waals surface area contributed by atoms with Crippen molar-refractivity contribution >= 4 is 17.3 Å². The van der Waals surface area contributed by atoms with E-state index < -0.39 is 0 Å². The van der Waals surface area contributed by atoms with Gasteiger partial charge in [0.1, 0.15) is 5.75 Å². The zero-order valence-electron chi connectivity index (χ0n) is 12.1. The van der Waals surface area contributed by atoms with E-state index in [0.717, 1.165) is 17.5 Å². The van der Waals surface area contributed by atoms with E-state index in [2.05, 4.69) is 16.3 Å². The van der Waals surface area contributed by atoms with Crippen LogP contribution in [0.3, 0.4) is 0 Å². The number of hydrogen-bond donors (Lipinski definition) is 1. The van der Waals surface area contributed by atoms with Crippen LogP contribution in [0.1, 0.15) is 32.6 Å². The number of ether oxygens (including phenoxy) is 1. The molecule has 3 nitrogen and oxygen atoms in total. The molecule has 0 aliphatic carbocycles. The zero-order chi connectivity index (χ0) is 13.9. The number of rotatable bonds is 4. The first-order chi connectivity index (χ1) is 9.76. The number of nitrogens with zero attached hydrogens (tertiary/aromatic N) is 1. The molecule has 110 valence electrons. The van der Waals surface area contributed by atoms with E-state index >= 15 is 0 Å². The third-order valence-electron chi connectivity index (χ3n) is 4.42. The molecule has 0 saturated carbocycles. The van der Waals surface area contributed by atoms with Crippen molar-refractivity contribution < 1.29 is 4.74 Å². The number of hydrogen-bond acceptors (Lipinski definition) is 3. The average molecular weight is 295 g/mol. The smallest absolute Gasteiger partial charge is 0.138 e. The molecule has 2 aliphatic rings. The van der Waals surface area contributed by atoms with Crippen LogP contribution >= 0.6 is 11.6 Å². The minimum Gasteiger partial charge on any atom is -0.492 e. The number of piperidine rings is 1. The Balaban J connectivity index is 1.61. The summed E-state index contributed by atoms with van der Waals surface area (Å²) in [6, 6.07) is 7.37. The van der Waals surface area contributed by atoms with Gasteiger partial charge in [-0.1, -0.05) is 11.6 Å². The van der Waals surface area contributed by atoms with Crippen molar-refractivity contribution in [3.8, 4) is 5.75 Å². The molecule has 0 amide bonds. The van der Waals surface area contributed by atoms with Crippen molar-refractivity contribution in [3.05, 3.63) is 23.2 Å². The molecule has 2 unspecified atom stereocenters. The average Bonchev–Trinajstić information content (AvgIpc) is 2.89. The lowest BCUT2D eigenvalue weighted by Crippen LogP contribution is -2.42. The topological polar surface area (TPSA) is 24.5 Å². The summed E-state index contributed by atoms with van der Waals surface area (Å²) in [4.78, 5) is 2.64. The number of halogens is 1. The van der Waals surface area contributed by atoms with Gasteiger partial charge in [0, 0.05) is 24.3 Å². The highest BCUT2D eigenvalue weighted by molar-refractivity contribution is 6.32. The van der Waals surface area contributed by atoms with Gasteiger partial charge in [-0.15, -0.1) is 0 Å². The highest BCUT2D eigenvalue weighted by Gasteiger charge is 2.31. The first-order valence-corrected chi connectivity index (χ1v) is 8.07. The van der Waals surface area contributed by atoms with Crippen molar-refractivity contribution in [2.24, 2.45) is 0 Å². The van der Waals surface area contributed by atoms with Gasteiger partial charge in [0.15, 0.2) is 0 Å². The molecule has 1 aromatic rings. The van der Waals surface area contributed by atoms with Crippen LogP contribution in [0.15, 0.2) is 18.2 Å². The van der Waals surface area contributed by atoms with Crippen molar-refractivity contribution in [1.29, 1.82) is 0 Å². The van der Waals surface area contributed by atoms with Crippen LogP contribution in [-0.4, -0.2) is 36.7 Å². The Morgan fingerprint density at radius 3 is 3.05 bits per heavy atom. The van der Waals surface area contributed by atoms with Crippen LogP contribution in [0.5, 0.6) is 5.75 Å². The lowest BCUT2D eigenvalue weighted by Gasteiger charge is -2.35. The van der Waals surface area contributed by atoms with Gasteiger partial charge in [0.25, 0.3) is 0 Å². The van der Waals surface area contributed by atoms with Gasteiger partial charge in [-0.25, -0.2) is 0 Å². The van der Waals surface area contributed by atoms with Gasteiger partial charge in [0.2, 0.25) is 0 Å². The van der Waals surface area contributed by atoms with E-state index in [1.165, 1.54) is 38.8 Å². The van der Waals surface area contributed by atoms with Gasteiger partial charge in [-0.3, -0.25) is 0 Å². The molecule has 2 saturated heterocycles. The highest BCUT2D eigenvalue weighted by atomic mass is 35.5. The fourth-order valence-corrected chi connectivity index (χ4v) is 3.69. The molecular formula is C16H23ClN2O. The number of anilines is 1. The van der Waals surface area contributed by atoms with E-state index in [-0.39, 0.29) is 0 Å². The molecule has 3 rings (SSSR count).